The van der Waals surface area contributed by atoms with E-state index in [1.165, 1.54) is 6.07 Å². The molecule has 1 heterocycles. The van der Waals surface area contributed by atoms with Gasteiger partial charge in [0, 0.05) is 16.6 Å². The molecule has 0 bridgehead atoms. The van der Waals surface area contributed by atoms with Gasteiger partial charge in [0.2, 0.25) is 0 Å². The lowest BCUT2D eigenvalue weighted by Crippen LogP contribution is -1.96. The number of hydrogen-bond donors (Lipinski definition) is 2. The molecule has 0 radical (unpaired) electrons. The van der Waals surface area contributed by atoms with Gasteiger partial charge in [0.15, 0.2) is 5.69 Å². The van der Waals surface area contributed by atoms with Crippen LogP contribution in [-0.4, -0.2) is 21.3 Å². The molecule has 0 aliphatic carbocycles. The van der Waals surface area contributed by atoms with Crippen LogP contribution in [-0.2, 0) is 0 Å². The van der Waals surface area contributed by atoms with Gasteiger partial charge in [-0.3, -0.25) is 5.10 Å². The van der Waals surface area contributed by atoms with E-state index in [2.05, 4.69) is 10.2 Å². The number of aromatic nitrogens is 2. The number of H-pyrrole nitrogens is 1. The summed E-state index contributed by atoms with van der Waals surface area (Å²) in [6.07, 6.45) is 0. The van der Waals surface area contributed by atoms with Gasteiger partial charge in [0.05, 0.1) is 0 Å². The monoisotopic (exact) mass is 250 g/mol. The summed E-state index contributed by atoms with van der Waals surface area (Å²) in [5, 5.41) is 15.9. The summed E-state index contributed by atoms with van der Waals surface area (Å²) in [5.41, 5.74) is 1.79. The minimum atomic E-state index is -1.04. The summed E-state index contributed by atoms with van der Waals surface area (Å²) in [5.74, 6) is -1.01. The molecule has 1 unspecified atom stereocenters. The van der Waals surface area contributed by atoms with E-state index in [1.807, 2.05) is 25.1 Å². The Morgan fingerprint density at radius 2 is 2.24 bits per heavy atom. The number of aromatic carboxylic acids is 1. The van der Waals surface area contributed by atoms with E-state index < -0.39 is 5.97 Å². The predicted molar refractivity (Wildman–Crippen MR) is 64.5 cm³/mol. The van der Waals surface area contributed by atoms with E-state index in [1.54, 1.807) is 6.07 Å². The second kappa shape index (κ2) is 4.59. The highest BCUT2D eigenvalue weighted by Gasteiger charge is 2.14. The summed E-state index contributed by atoms with van der Waals surface area (Å²) in [6, 6.07) is 9.00. The third-order valence-corrected chi connectivity index (χ3v) is 2.87. The van der Waals surface area contributed by atoms with E-state index in [-0.39, 0.29) is 11.6 Å². The molecule has 1 aromatic heterocycles. The number of halogens is 1. The smallest absolute Gasteiger partial charge is 0.356 e. The van der Waals surface area contributed by atoms with Crippen molar-refractivity contribution in [1.82, 2.24) is 10.2 Å². The van der Waals surface area contributed by atoms with Crippen LogP contribution >= 0.6 is 11.6 Å². The molecular weight excluding hydrogens is 240 g/mol. The first kappa shape index (κ1) is 11.7. The van der Waals surface area contributed by atoms with Crippen LogP contribution < -0.4 is 0 Å². The number of carboxylic acids is 1. The lowest BCUT2D eigenvalue weighted by molar-refractivity contribution is 0.0690. The highest BCUT2D eigenvalue weighted by molar-refractivity contribution is 6.30. The number of rotatable bonds is 3. The van der Waals surface area contributed by atoms with Gasteiger partial charge >= 0.3 is 5.97 Å². The summed E-state index contributed by atoms with van der Waals surface area (Å²) in [7, 11) is 0. The largest absolute Gasteiger partial charge is 0.476 e. The first-order chi connectivity index (χ1) is 8.08. The fourth-order valence-electron chi connectivity index (χ4n) is 1.62. The van der Waals surface area contributed by atoms with Crippen molar-refractivity contribution in [3.05, 3.63) is 52.3 Å². The molecule has 0 saturated heterocycles. The molecule has 2 rings (SSSR count). The molecule has 0 fully saturated rings. The Hall–Kier alpha value is -1.81. The maximum atomic E-state index is 10.7. The molecule has 1 atom stereocenters. The number of hydrogen-bond acceptors (Lipinski definition) is 2. The zero-order chi connectivity index (χ0) is 12.4. The van der Waals surface area contributed by atoms with Crippen LogP contribution in [0.2, 0.25) is 5.02 Å². The van der Waals surface area contributed by atoms with Crippen LogP contribution in [0.4, 0.5) is 0 Å². The molecule has 88 valence electrons. The third kappa shape index (κ3) is 2.47. The van der Waals surface area contributed by atoms with E-state index >= 15 is 0 Å². The molecule has 4 nitrogen and oxygen atoms in total. The van der Waals surface area contributed by atoms with Crippen molar-refractivity contribution in [2.75, 3.05) is 0 Å². The van der Waals surface area contributed by atoms with Gasteiger partial charge in [-0.05, 0) is 23.8 Å². The molecule has 17 heavy (non-hydrogen) atoms. The van der Waals surface area contributed by atoms with E-state index in [9.17, 15) is 4.79 Å². The normalized spacial score (nSPS) is 12.4. The Morgan fingerprint density at radius 3 is 2.82 bits per heavy atom. The van der Waals surface area contributed by atoms with Crippen molar-refractivity contribution in [2.45, 2.75) is 12.8 Å². The summed E-state index contributed by atoms with van der Waals surface area (Å²) in [6.45, 7) is 1.96. The molecule has 2 N–H and O–H groups in total. The molecule has 0 saturated carbocycles. The fourth-order valence-corrected chi connectivity index (χ4v) is 1.82. The maximum Gasteiger partial charge on any atom is 0.356 e. The minimum absolute atomic E-state index is 0.0221. The molecule has 0 aliphatic rings. The van der Waals surface area contributed by atoms with Crippen LogP contribution in [0, 0.1) is 0 Å². The minimum Gasteiger partial charge on any atom is -0.476 e. The molecule has 0 aliphatic heterocycles. The number of carboxylic acid groups (broad SMARTS) is 1. The fraction of sp³-hybridized carbons (Fsp3) is 0.167. The van der Waals surface area contributed by atoms with Gasteiger partial charge in [-0.15, -0.1) is 0 Å². The second-order valence-corrected chi connectivity index (χ2v) is 4.23. The SMILES string of the molecule is CC(c1cccc(Cl)c1)c1cc(C(=O)O)n[nH]1. The van der Waals surface area contributed by atoms with Crippen molar-refractivity contribution in [3.8, 4) is 0 Å². The Bertz CT molecular complexity index is 551. The predicted octanol–water partition coefficient (Wildman–Crippen LogP) is 2.91. The first-order valence-corrected chi connectivity index (χ1v) is 5.50. The Morgan fingerprint density at radius 1 is 1.47 bits per heavy atom. The zero-order valence-electron chi connectivity index (χ0n) is 9.14. The van der Waals surface area contributed by atoms with Crippen LogP contribution in [0.15, 0.2) is 30.3 Å². The van der Waals surface area contributed by atoms with Crippen molar-refractivity contribution < 1.29 is 9.90 Å². The second-order valence-electron chi connectivity index (χ2n) is 3.79. The van der Waals surface area contributed by atoms with Crippen molar-refractivity contribution in [2.24, 2.45) is 0 Å². The van der Waals surface area contributed by atoms with Crippen LogP contribution in [0.25, 0.3) is 0 Å². The van der Waals surface area contributed by atoms with E-state index in [0.717, 1.165) is 11.3 Å². The van der Waals surface area contributed by atoms with Crippen LogP contribution in [0.5, 0.6) is 0 Å². The molecular formula is C12H11ClN2O2. The topological polar surface area (TPSA) is 66.0 Å². The van der Waals surface area contributed by atoms with E-state index in [4.69, 9.17) is 16.7 Å². The Kier molecular flexibility index (Phi) is 3.15. The highest BCUT2D eigenvalue weighted by atomic mass is 35.5. The quantitative estimate of drug-likeness (QED) is 0.880. The number of nitrogens with one attached hydrogen (secondary N) is 1. The summed E-state index contributed by atoms with van der Waals surface area (Å²) < 4.78 is 0. The number of nitrogens with zero attached hydrogens (tertiary/aromatic N) is 1. The average Bonchev–Trinajstić information content (AvgIpc) is 2.77. The molecule has 1 aromatic carbocycles. The average molecular weight is 251 g/mol. The van der Waals surface area contributed by atoms with Gasteiger partial charge in [-0.2, -0.15) is 5.10 Å². The maximum absolute atomic E-state index is 10.7. The van der Waals surface area contributed by atoms with Gasteiger partial charge < -0.3 is 5.11 Å². The standard InChI is InChI=1S/C12H11ClN2O2/c1-7(8-3-2-4-9(13)5-8)10-6-11(12(16)17)15-14-10/h2-7H,1H3,(H,14,15)(H,16,17). The first-order valence-electron chi connectivity index (χ1n) is 5.12. The summed E-state index contributed by atoms with van der Waals surface area (Å²) >= 11 is 5.91. The van der Waals surface area contributed by atoms with Gasteiger partial charge in [0.25, 0.3) is 0 Å². The molecule has 0 spiro atoms. The Balaban J connectivity index is 2.30. The molecule has 2 aromatic rings. The van der Waals surface area contributed by atoms with Crippen LogP contribution in [0.1, 0.15) is 34.6 Å². The van der Waals surface area contributed by atoms with Gasteiger partial charge in [-0.25, -0.2) is 4.79 Å². The highest BCUT2D eigenvalue weighted by Crippen LogP contribution is 2.25. The number of aromatic amines is 1. The molecule has 5 heteroatoms. The summed E-state index contributed by atoms with van der Waals surface area (Å²) in [4.78, 5) is 10.7. The molecule has 0 amide bonds. The van der Waals surface area contributed by atoms with Crippen molar-refractivity contribution in [1.29, 1.82) is 0 Å². The Labute approximate surface area is 103 Å². The van der Waals surface area contributed by atoms with Crippen molar-refractivity contribution in [3.63, 3.8) is 0 Å². The van der Waals surface area contributed by atoms with Gasteiger partial charge in [-0.1, -0.05) is 30.7 Å². The lowest BCUT2D eigenvalue weighted by Gasteiger charge is -2.09. The van der Waals surface area contributed by atoms with E-state index in [0.29, 0.717) is 5.02 Å². The lowest BCUT2D eigenvalue weighted by atomic mass is 9.98. The van der Waals surface area contributed by atoms with Crippen LogP contribution in [0.3, 0.4) is 0 Å². The van der Waals surface area contributed by atoms with Gasteiger partial charge in [0.1, 0.15) is 0 Å². The van der Waals surface area contributed by atoms with Crippen molar-refractivity contribution >= 4 is 17.6 Å². The zero-order valence-corrected chi connectivity index (χ0v) is 9.90. The number of carbonyl (C=O) groups is 1. The number of benzene rings is 1. The third-order valence-electron chi connectivity index (χ3n) is 2.63.